The quantitative estimate of drug-likeness (QED) is 0.848. The van der Waals surface area contributed by atoms with Crippen molar-refractivity contribution in [3.05, 3.63) is 35.5 Å². The zero-order chi connectivity index (χ0) is 11.5. The Hall–Kier alpha value is -1.79. The molecule has 3 nitrogen and oxygen atoms in total. The maximum Gasteiger partial charge on any atom is 0.0998 e. The van der Waals surface area contributed by atoms with Gasteiger partial charge in [-0.3, -0.25) is 0 Å². The van der Waals surface area contributed by atoms with Gasteiger partial charge in [-0.1, -0.05) is 6.07 Å². The third kappa shape index (κ3) is 1.58. The number of nitrogens with two attached hydrogens (primary N) is 1. The molecule has 0 fully saturated rings. The van der Waals surface area contributed by atoms with Crippen LogP contribution in [0.5, 0.6) is 0 Å². The van der Waals surface area contributed by atoms with Crippen LogP contribution < -0.4 is 5.73 Å². The van der Waals surface area contributed by atoms with E-state index in [2.05, 4.69) is 29.8 Å². The van der Waals surface area contributed by atoms with Gasteiger partial charge in [0.25, 0.3) is 0 Å². The van der Waals surface area contributed by atoms with E-state index in [0.29, 0.717) is 6.54 Å². The molecule has 82 valence electrons. The largest absolute Gasteiger partial charge is 0.347 e. The Labute approximate surface area is 95.1 Å². The van der Waals surface area contributed by atoms with Crippen LogP contribution in [-0.4, -0.2) is 11.1 Å². The molecule has 2 N–H and O–H groups in total. The van der Waals surface area contributed by atoms with Crippen LogP contribution in [0.15, 0.2) is 24.4 Å². The molecule has 1 aromatic carbocycles. The lowest BCUT2D eigenvalue weighted by molar-refractivity contribution is 0.790. The zero-order valence-corrected chi connectivity index (χ0v) is 9.40. The van der Waals surface area contributed by atoms with Crippen LogP contribution in [0.2, 0.25) is 0 Å². The van der Waals surface area contributed by atoms with Crippen molar-refractivity contribution in [2.24, 2.45) is 5.73 Å². The lowest BCUT2D eigenvalue weighted by Gasteiger charge is -2.00. The van der Waals surface area contributed by atoms with Gasteiger partial charge in [-0.15, -0.1) is 0 Å². The van der Waals surface area contributed by atoms with Crippen molar-refractivity contribution in [3.8, 4) is 6.07 Å². The second-order valence-electron chi connectivity index (χ2n) is 3.79. The molecule has 0 aliphatic carbocycles. The number of aryl methyl sites for hydroxylation is 1. The summed E-state index contributed by atoms with van der Waals surface area (Å²) in [5, 5.41) is 10.2. The summed E-state index contributed by atoms with van der Waals surface area (Å²) in [7, 11) is 0. The van der Waals surface area contributed by atoms with Crippen molar-refractivity contribution in [2.75, 3.05) is 6.54 Å². The van der Waals surface area contributed by atoms with E-state index in [4.69, 9.17) is 11.0 Å². The predicted molar refractivity (Wildman–Crippen MR) is 65.1 cm³/mol. The Kier molecular flexibility index (Phi) is 2.93. The first-order chi connectivity index (χ1) is 7.81. The molecular weight excluding hydrogens is 198 g/mol. The van der Waals surface area contributed by atoms with E-state index in [9.17, 15) is 0 Å². The highest BCUT2D eigenvalue weighted by Crippen LogP contribution is 2.25. The maximum atomic E-state index is 9.12. The van der Waals surface area contributed by atoms with Crippen molar-refractivity contribution in [3.63, 3.8) is 0 Å². The molecule has 0 unspecified atom stereocenters. The van der Waals surface area contributed by atoms with E-state index in [0.717, 1.165) is 29.4 Å². The van der Waals surface area contributed by atoms with Gasteiger partial charge in [-0.05, 0) is 37.6 Å². The summed E-state index contributed by atoms with van der Waals surface area (Å²) >= 11 is 0. The van der Waals surface area contributed by atoms with Crippen LogP contribution in [-0.2, 0) is 13.0 Å². The monoisotopic (exact) mass is 213 g/mol. The van der Waals surface area contributed by atoms with E-state index in [1.54, 1.807) is 0 Å². The average molecular weight is 213 g/mol. The summed E-state index contributed by atoms with van der Waals surface area (Å²) in [5.74, 6) is 0. The topological polar surface area (TPSA) is 54.7 Å². The Morgan fingerprint density at radius 2 is 2.25 bits per heavy atom. The van der Waals surface area contributed by atoms with Crippen LogP contribution in [0, 0.1) is 11.3 Å². The molecule has 1 aromatic heterocycles. The SMILES string of the molecule is CCn1cc(CCN)c2c(C#N)cccc21. The lowest BCUT2D eigenvalue weighted by Crippen LogP contribution is -2.02. The van der Waals surface area contributed by atoms with E-state index in [-0.39, 0.29) is 0 Å². The number of nitriles is 1. The van der Waals surface area contributed by atoms with E-state index in [1.807, 2.05) is 12.1 Å². The van der Waals surface area contributed by atoms with Crippen molar-refractivity contribution in [2.45, 2.75) is 19.9 Å². The molecule has 0 amide bonds. The van der Waals surface area contributed by atoms with E-state index < -0.39 is 0 Å². The summed E-state index contributed by atoms with van der Waals surface area (Å²) in [4.78, 5) is 0. The van der Waals surface area contributed by atoms with Gasteiger partial charge >= 0.3 is 0 Å². The molecule has 3 heteroatoms. The molecule has 2 rings (SSSR count). The first-order valence-corrected chi connectivity index (χ1v) is 5.52. The normalized spacial score (nSPS) is 10.6. The zero-order valence-electron chi connectivity index (χ0n) is 9.40. The van der Waals surface area contributed by atoms with Gasteiger partial charge in [0, 0.05) is 23.6 Å². The minimum Gasteiger partial charge on any atom is -0.347 e. The minimum absolute atomic E-state index is 0.614. The van der Waals surface area contributed by atoms with Crippen LogP contribution in [0.3, 0.4) is 0 Å². The number of rotatable bonds is 3. The third-order valence-corrected chi connectivity index (χ3v) is 2.86. The molecule has 0 aliphatic heterocycles. The van der Waals surface area contributed by atoms with Gasteiger partial charge in [0.1, 0.15) is 0 Å². The van der Waals surface area contributed by atoms with Crippen molar-refractivity contribution in [1.29, 1.82) is 5.26 Å². The molecule has 0 saturated carbocycles. The summed E-state index contributed by atoms with van der Waals surface area (Å²) < 4.78 is 2.17. The standard InChI is InChI=1S/C13H15N3/c1-2-16-9-11(6-7-14)13-10(8-15)4-3-5-12(13)16/h3-5,9H,2,6-7,14H2,1H3. The van der Waals surface area contributed by atoms with Gasteiger partial charge in [0.15, 0.2) is 0 Å². The fourth-order valence-corrected chi connectivity index (χ4v) is 2.14. The van der Waals surface area contributed by atoms with Crippen LogP contribution in [0.4, 0.5) is 0 Å². The van der Waals surface area contributed by atoms with Crippen LogP contribution >= 0.6 is 0 Å². The fourth-order valence-electron chi connectivity index (χ4n) is 2.14. The maximum absolute atomic E-state index is 9.12. The minimum atomic E-state index is 0.614. The van der Waals surface area contributed by atoms with Crippen LogP contribution in [0.1, 0.15) is 18.1 Å². The second-order valence-corrected chi connectivity index (χ2v) is 3.79. The summed E-state index contributed by atoms with van der Waals surface area (Å²) in [6.45, 7) is 3.63. The Bertz CT molecular complexity index is 546. The number of hydrogen-bond acceptors (Lipinski definition) is 2. The van der Waals surface area contributed by atoms with Crippen molar-refractivity contribution in [1.82, 2.24) is 4.57 Å². The first kappa shape index (κ1) is 10.7. The van der Waals surface area contributed by atoms with Crippen molar-refractivity contribution >= 4 is 10.9 Å². The van der Waals surface area contributed by atoms with Gasteiger partial charge in [-0.2, -0.15) is 5.26 Å². The lowest BCUT2D eigenvalue weighted by atomic mass is 10.1. The van der Waals surface area contributed by atoms with E-state index >= 15 is 0 Å². The van der Waals surface area contributed by atoms with Gasteiger partial charge < -0.3 is 10.3 Å². The molecule has 0 spiro atoms. The smallest absolute Gasteiger partial charge is 0.0998 e. The Morgan fingerprint density at radius 1 is 1.44 bits per heavy atom. The Balaban J connectivity index is 2.76. The first-order valence-electron chi connectivity index (χ1n) is 5.52. The highest BCUT2D eigenvalue weighted by atomic mass is 14.9. The number of hydrogen-bond donors (Lipinski definition) is 1. The molecule has 1 heterocycles. The second kappa shape index (κ2) is 4.38. The molecule has 0 saturated heterocycles. The molecule has 16 heavy (non-hydrogen) atoms. The van der Waals surface area contributed by atoms with Crippen molar-refractivity contribution < 1.29 is 0 Å². The van der Waals surface area contributed by atoms with Gasteiger partial charge in [0.2, 0.25) is 0 Å². The molecule has 2 aromatic rings. The molecule has 0 atom stereocenters. The average Bonchev–Trinajstić information content (AvgIpc) is 2.68. The summed E-state index contributed by atoms with van der Waals surface area (Å²) in [6.07, 6.45) is 2.93. The van der Waals surface area contributed by atoms with Crippen LogP contribution in [0.25, 0.3) is 10.9 Å². The molecule has 0 aliphatic rings. The van der Waals surface area contributed by atoms with Gasteiger partial charge in [0.05, 0.1) is 11.6 Å². The highest BCUT2D eigenvalue weighted by Gasteiger charge is 2.10. The number of aromatic nitrogens is 1. The number of fused-ring (bicyclic) bond motifs is 1. The Morgan fingerprint density at radius 3 is 2.88 bits per heavy atom. The summed E-state index contributed by atoms with van der Waals surface area (Å²) in [6, 6.07) is 8.10. The number of benzene rings is 1. The van der Waals surface area contributed by atoms with Gasteiger partial charge in [-0.25, -0.2) is 0 Å². The van der Waals surface area contributed by atoms with E-state index in [1.165, 1.54) is 5.56 Å². The fraction of sp³-hybridized carbons (Fsp3) is 0.308. The molecule has 0 radical (unpaired) electrons. The number of nitrogens with zero attached hydrogens (tertiary/aromatic N) is 2. The third-order valence-electron chi connectivity index (χ3n) is 2.86. The summed E-state index contributed by atoms with van der Waals surface area (Å²) in [5.41, 5.74) is 8.65. The molecular formula is C13H15N3. The molecule has 0 bridgehead atoms. The predicted octanol–water partition coefficient (Wildman–Crippen LogP) is 2.03. The highest BCUT2D eigenvalue weighted by molar-refractivity contribution is 5.89.